The van der Waals surface area contributed by atoms with E-state index in [1.54, 1.807) is 6.92 Å². The summed E-state index contributed by atoms with van der Waals surface area (Å²) in [5.74, 6) is -0.228. The smallest absolute Gasteiger partial charge is 0.329 e. The number of imidazole rings is 1. The van der Waals surface area contributed by atoms with E-state index in [-0.39, 0.29) is 5.56 Å². The van der Waals surface area contributed by atoms with Crippen molar-refractivity contribution in [2.45, 2.75) is 13.8 Å². The Balaban J connectivity index is 0.000000317. The van der Waals surface area contributed by atoms with Gasteiger partial charge in [-0.2, -0.15) is 0 Å². The number of fused-ring (bicyclic) bond motifs is 1. The Morgan fingerprint density at radius 2 is 1.88 bits per heavy atom. The van der Waals surface area contributed by atoms with E-state index < -0.39 is 11.7 Å². The number of aromatic amines is 2. The van der Waals surface area contributed by atoms with Crippen molar-refractivity contribution in [3.8, 4) is 0 Å². The van der Waals surface area contributed by atoms with Crippen molar-refractivity contribution in [3.05, 3.63) is 26.7 Å². The molecule has 8 heteroatoms. The van der Waals surface area contributed by atoms with Crippen LogP contribution in [0.25, 0.3) is 11.2 Å². The molecule has 17 heavy (non-hydrogen) atoms. The zero-order valence-corrected chi connectivity index (χ0v) is 9.57. The number of H-pyrrole nitrogens is 2. The van der Waals surface area contributed by atoms with Crippen LogP contribution in [0.5, 0.6) is 0 Å². The van der Waals surface area contributed by atoms with E-state index >= 15 is 0 Å². The number of hydrogen-bond acceptors (Lipinski definition) is 4. The SMILES string of the molecule is CC(=O)O.Cc1nc2[nH]c(=O)n(C)c(=O)c2[nH]1. The normalized spacial score (nSPS) is 9.82. The van der Waals surface area contributed by atoms with Gasteiger partial charge in [-0.25, -0.2) is 9.78 Å². The van der Waals surface area contributed by atoms with Gasteiger partial charge in [-0.15, -0.1) is 0 Å². The van der Waals surface area contributed by atoms with Crippen molar-refractivity contribution < 1.29 is 9.90 Å². The Kier molecular flexibility index (Phi) is 3.46. The van der Waals surface area contributed by atoms with Crippen LogP contribution >= 0.6 is 0 Å². The summed E-state index contributed by atoms with van der Waals surface area (Å²) in [5.41, 5.74) is -0.173. The highest BCUT2D eigenvalue weighted by Gasteiger charge is 2.07. The zero-order chi connectivity index (χ0) is 13.2. The zero-order valence-electron chi connectivity index (χ0n) is 9.57. The van der Waals surface area contributed by atoms with Crippen LogP contribution in [-0.4, -0.2) is 30.6 Å². The minimum Gasteiger partial charge on any atom is -0.481 e. The molecule has 0 bridgehead atoms. The first-order chi connectivity index (χ1) is 7.82. The summed E-state index contributed by atoms with van der Waals surface area (Å²) in [6, 6.07) is 0. The summed E-state index contributed by atoms with van der Waals surface area (Å²) in [6.45, 7) is 2.80. The number of rotatable bonds is 0. The van der Waals surface area contributed by atoms with Gasteiger partial charge in [0, 0.05) is 14.0 Å². The second-order valence-electron chi connectivity index (χ2n) is 3.36. The molecule has 2 rings (SSSR count). The van der Waals surface area contributed by atoms with Crippen LogP contribution in [0.15, 0.2) is 9.59 Å². The molecule has 0 aliphatic carbocycles. The van der Waals surface area contributed by atoms with Gasteiger partial charge in [0.1, 0.15) is 11.3 Å². The van der Waals surface area contributed by atoms with Crippen LogP contribution in [0.3, 0.4) is 0 Å². The number of carbonyl (C=O) groups is 1. The van der Waals surface area contributed by atoms with Gasteiger partial charge in [0.25, 0.3) is 11.5 Å². The highest BCUT2D eigenvalue weighted by molar-refractivity contribution is 5.68. The lowest BCUT2D eigenvalue weighted by atomic mass is 10.5. The summed E-state index contributed by atoms with van der Waals surface area (Å²) in [7, 11) is 1.41. The first kappa shape index (κ1) is 12.7. The molecule has 92 valence electrons. The lowest BCUT2D eigenvalue weighted by Crippen LogP contribution is -2.32. The van der Waals surface area contributed by atoms with Crippen molar-refractivity contribution in [1.29, 1.82) is 0 Å². The molecule has 0 unspecified atom stereocenters. The standard InChI is InChI=1S/C7H8N4O2.C2H4O2/c1-3-8-4-5(9-3)10-7(13)11(2)6(4)12;1-2(3)4/h1-2H3,(H,8,9)(H,10,13);1H3,(H,3,4). The van der Waals surface area contributed by atoms with E-state index in [9.17, 15) is 9.59 Å². The average Bonchev–Trinajstić information content (AvgIpc) is 2.55. The van der Waals surface area contributed by atoms with Crippen LogP contribution in [-0.2, 0) is 11.8 Å². The minimum absolute atomic E-state index is 0.311. The summed E-state index contributed by atoms with van der Waals surface area (Å²) >= 11 is 0. The molecule has 2 aromatic heterocycles. The number of carboxylic acid groups (broad SMARTS) is 1. The maximum absolute atomic E-state index is 11.4. The summed E-state index contributed by atoms with van der Waals surface area (Å²) < 4.78 is 1.000. The number of carboxylic acids is 1. The highest BCUT2D eigenvalue weighted by Crippen LogP contribution is 1.99. The van der Waals surface area contributed by atoms with Crippen molar-refractivity contribution >= 4 is 17.1 Å². The van der Waals surface area contributed by atoms with Crippen LogP contribution in [0.2, 0.25) is 0 Å². The van der Waals surface area contributed by atoms with E-state index in [2.05, 4.69) is 15.0 Å². The summed E-state index contributed by atoms with van der Waals surface area (Å²) in [5, 5.41) is 7.42. The van der Waals surface area contributed by atoms with Gasteiger partial charge in [0.15, 0.2) is 5.65 Å². The molecule has 0 aromatic carbocycles. The molecule has 0 atom stereocenters. The fourth-order valence-corrected chi connectivity index (χ4v) is 1.18. The molecule has 0 spiro atoms. The highest BCUT2D eigenvalue weighted by atomic mass is 16.4. The number of aromatic nitrogens is 4. The van der Waals surface area contributed by atoms with Crippen molar-refractivity contribution in [2.75, 3.05) is 0 Å². The summed E-state index contributed by atoms with van der Waals surface area (Å²) in [4.78, 5) is 40.8. The first-order valence-electron chi connectivity index (χ1n) is 4.68. The lowest BCUT2D eigenvalue weighted by molar-refractivity contribution is -0.134. The van der Waals surface area contributed by atoms with E-state index in [0.29, 0.717) is 17.0 Å². The quantitative estimate of drug-likeness (QED) is 0.565. The van der Waals surface area contributed by atoms with E-state index in [4.69, 9.17) is 9.90 Å². The molecule has 0 radical (unpaired) electrons. The molecule has 0 saturated carbocycles. The first-order valence-corrected chi connectivity index (χ1v) is 4.68. The third-order valence-corrected chi connectivity index (χ3v) is 1.87. The van der Waals surface area contributed by atoms with Crippen LogP contribution < -0.4 is 11.2 Å². The number of aliphatic carboxylic acids is 1. The van der Waals surface area contributed by atoms with Gasteiger partial charge < -0.3 is 10.1 Å². The third kappa shape index (κ3) is 2.80. The van der Waals surface area contributed by atoms with Crippen molar-refractivity contribution in [3.63, 3.8) is 0 Å². The van der Waals surface area contributed by atoms with Gasteiger partial charge in [-0.1, -0.05) is 0 Å². The van der Waals surface area contributed by atoms with Crippen molar-refractivity contribution in [1.82, 2.24) is 19.5 Å². The van der Waals surface area contributed by atoms with E-state index in [0.717, 1.165) is 11.5 Å². The Hall–Kier alpha value is -2.38. The lowest BCUT2D eigenvalue weighted by Gasteiger charge is -1.93. The van der Waals surface area contributed by atoms with Gasteiger partial charge in [0.05, 0.1) is 0 Å². The van der Waals surface area contributed by atoms with Crippen molar-refractivity contribution in [2.24, 2.45) is 7.05 Å². The molecular weight excluding hydrogens is 228 g/mol. The number of nitrogens with one attached hydrogen (secondary N) is 2. The molecule has 0 fully saturated rings. The molecule has 2 aromatic rings. The van der Waals surface area contributed by atoms with Crippen LogP contribution in [0.1, 0.15) is 12.7 Å². The number of nitrogens with zero attached hydrogens (tertiary/aromatic N) is 2. The Morgan fingerprint density at radius 3 is 2.41 bits per heavy atom. The molecule has 0 aliphatic rings. The molecule has 0 amide bonds. The second kappa shape index (κ2) is 4.64. The fourth-order valence-electron chi connectivity index (χ4n) is 1.18. The molecule has 0 saturated heterocycles. The Labute approximate surface area is 94.9 Å². The largest absolute Gasteiger partial charge is 0.481 e. The second-order valence-corrected chi connectivity index (χ2v) is 3.36. The average molecular weight is 240 g/mol. The van der Waals surface area contributed by atoms with Crippen LogP contribution in [0, 0.1) is 6.92 Å². The molecular formula is C9H12N4O4. The predicted molar refractivity (Wildman–Crippen MR) is 60.0 cm³/mol. The van der Waals surface area contributed by atoms with Crippen LogP contribution in [0.4, 0.5) is 0 Å². The fraction of sp³-hybridized carbons (Fsp3) is 0.333. The van der Waals surface area contributed by atoms with Gasteiger partial charge in [-0.05, 0) is 6.92 Å². The maximum Gasteiger partial charge on any atom is 0.329 e. The van der Waals surface area contributed by atoms with Gasteiger partial charge in [0.2, 0.25) is 0 Å². The van der Waals surface area contributed by atoms with E-state index in [1.165, 1.54) is 7.05 Å². The van der Waals surface area contributed by atoms with Gasteiger partial charge in [-0.3, -0.25) is 19.1 Å². The van der Waals surface area contributed by atoms with Gasteiger partial charge >= 0.3 is 5.69 Å². The molecule has 8 nitrogen and oxygen atoms in total. The van der Waals surface area contributed by atoms with E-state index in [1.807, 2.05) is 0 Å². The molecule has 0 aliphatic heterocycles. The Morgan fingerprint density at radius 1 is 1.35 bits per heavy atom. The monoisotopic (exact) mass is 240 g/mol. The number of hydrogen-bond donors (Lipinski definition) is 3. The number of aryl methyl sites for hydroxylation is 1. The minimum atomic E-state index is -0.833. The summed E-state index contributed by atoms with van der Waals surface area (Å²) in [6.07, 6.45) is 0. The third-order valence-electron chi connectivity index (χ3n) is 1.87. The topological polar surface area (TPSA) is 121 Å². The molecule has 3 N–H and O–H groups in total. The predicted octanol–water partition coefficient (Wildman–Crippen LogP) is -0.651. The molecule has 2 heterocycles. The maximum atomic E-state index is 11.4. The Bertz CT molecular complexity index is 660.